The van der Waals surface area contributed by atoms with E-state index in [1.165, 1.54) is 4.70 Å². The number of hydrogen-bond donors (Lipinski definition) is 2. The number of nitrogens with one attached hydrogen (secondary N) is 2. The molecule has 0 bridgehead atoms. The molecule has 156 valence electrons. The third-order valence-corrected chi connectivity index (χ3v) is 6.28. The zero-order valence-electron chi connectivity index (χ0n) is 16.9. The minimum Gasteiger partial charge on any atom is -0.338 e. The van der Waals surface area contributed by atoms with Gasteiger partial charge in [-0.15, -0.1) is 11.3 Å². The molecule has 0 saturated carbocycles. The number of urea groups is 1. The molecular weight excluding hydrogens is 396 g/mol. The Bertz CT molecular complexity index is 1000. The maximum atomic E-state index is 12.1. The van der Waals surface area contributed by atoms with Crippen LogP contribution in [0.1, 0.15) is 35.4 Å². The normalized spacial score (nSPS) is 13.7. The van der Waals surface area contributed by atoms with Crippen LogP contribution in [0.5, 0.6) is 0 Å². The second-order valence-corrected chi connectivity index (χ2v) is 8.64. The Morgan fingerprint density at radius 3 is 2.80 bits per heavy atom. The van der Waals surface area contributed by atoms with Gasteiger partial charge in [-0.3, -0.25) is 4.79 Å². The average molecular weight is 423 g/mol. The molecule has 0 spiro atoms. The van der Waals surface area contributed by atoms with E-state index in [4.69, 9.17) is 0 Å². The van der Waals surface area contributed by atoms with E-state index in [1.807, 2.05) is 41.3 Å². The van der Waals surface area contributed by atoms with E-state index in [0.29, 0.717) is 26.1 Å². The highest BCUT2D eigenvalue weighted by Crippen LogP contribution is 2.22. The van der Waals surface area contributed by atoms with Gasteiger partial charge >= 0.3 is 6.03 Å². The number of nitrogens with zero attached hydrogens (tertiary/aromatic N) is 2. The van der Waals surface area contributed by atoms with Crippen LogP contribution >= 0.6 is 11.3 Å². The van der Waals surface area contributed by atoms with Crippen molar-refractivity contribution in [3.63, 3.8) is 0 Å². The summed E-state index contributed by atoms with van der Waals surface area (Å²) in [7, 11) is 0. The number of carbonyl (C=O) groups excluding carboxylic acids is 2. The van der Waals surface area contributed by atoms with E-state index in [9.17, 15) is 9.59 Å². The minimum absolute atomic E-state index is 0.167. The Balaban J connectivity index is 1.17. The number of carbonyl (C=O) groups is 2. The first-order valence-electron chi connectivity index (χ1n) is 10.4. The van der Waals surface area contributed by atoms with E-state index >= 15 is 0 Å². The number of thiazole rings is 1. The molecule has 1 saturated heterocycles. The van der Waals surface area contributed by atoms with E-state index in [1.54, 1.807) is 11.3 Å². The van der Waals surface area contributed by atoms with Gasteiger partial charge in [-0.25, -0.2) is 9.78 Å². The van der Waals surface area contributed by atoms with Crippen molar-refractivity contribution in [2.75, 3.05) is 13.1 Å². The van der Waals surface area contributed by atoms with Crippen molar-refractivity contribution >= 4 is 33.5 Å². The highest BCUT2D eigenvalue weighted by molar-refractivity contribution is 7.18. The molecule has 2 aromatic carbocycles. The number of likely N-dealkylation sites (tertiary alicyclic amines) is 1. The van der Waals surface area contributed by atoms with Gasteiger partial charge in [-0.2, -0.15) is 0 Å². The van der Waals surface area contributed by atoms with Crippen molar-refractivity contribution in [3.8, 4) is 0 Å². The molecule has 2 heterocycles. The zero-order valence-corrected chi connectivity index (χ0v) is 17.7. The highest BCUT2D eigenvalue weighted by Gasteiger charge is 2.19. The van der Waals surface area contributed by atoms with Crippen molar-refractivity contribution in [1.29, 1.82) is 0 Å². The lowest BCUT2D eigenvalue weighted by atomic mass is 10.1. The van der Waals surface area contributed by atoms with Gasteiger partial charge in [-0.05, 0) is 36.1 Å². The van der Waals surface area contributed by atoms with Crippen LogP contribution in [0.4, 0.5) is 4.79 Å². The van der Waals surface area contributed by atoms with E-state index < -0.39 is 0 Å². The third kappa shape index (κ3) is 5.36. The standard InChI is InChI=1S/C23H26N4O2S/c28-22-11-5-13-27(22)16-18-7-3-6-17(14-18)15-25-23(29)24-12-4-10-21-26-19-8-1-2-9-20(19)30-21/h1-3,6-9,14H,4-5,10-13,15-16H2,(H2,24,25,29). The van der Waals surface area contributed by atoms with Gasteiger partial charge in [0, 0.05) is 39.0 Å². The SMILES string of the molecule is O=C(NCCCc1nc2ccccc2s1)NCc1cccc(CN2CCCC2=O)c1. The maximum absolute atomic E-state index is 12.1. The quantitative estimate of drug-likeness (QED) is 0.542. The zero-order chi connectivity index (χ0) is 20.8. The monoisotopic (exact) mass is 422 g/mol. The molecule has 1 aliphatic heterocycles. The number of hydrogen-bond acceptors (Lipinski definition) is 4. The lowest BCUT2D eigenvalue weighted by Crippen LogP contribution is -2.35. The largest absolute Gasteiger partial charge is 0.338 e. The Kier molecular flexibility index (Phi) is 6.59. The van der Waals surface area contributed by atoms with Gasteiger partial charge in [0.2, 0.25) is 5.91 Å². The number of amides is 3. The molecule has 1 aliphatic rings. The number of benzene rings is 2. The molecule has 2 N–H and O–H groups in total. The van der Waals surface area contributed by atoms with E-state index in [-0.39, 0.29) is 11.9 Å². The lowest BCUT2D eigenvalue weighted by molar-refractivity contribution is -0.128. The summed E-state index contributed by atoms with van der Waals surface area (Å²) < 4.78 is 1.20. The molecule has 1 fully saturated rings. The number of para-hydroxylation sites is 1. The van der Waals surface area contributed by atoms with Gasteiger partial charge in [0.1, 0.15) is 0 Å². The minimum atomic E-state index is -0.167. The molecule has 0 radical (unpaired) electrons. The number of aryl methyl sites for hydroxylation is 1. The van der Waals surface area contributed by atoms with E-state index in [2.05, 4.69) is 27.8 Å². The molecule has 4 rings (SSSR count). The topological polar surface area (TPSA) is 74.3 Å². The first-order valence-corrected chi connectivity index (χ1v) is 11.2. The molecule has 1 aromatic heterocycles. The number of fused-ring (bicyclic) bond motifs is 1. The Labute approximate surface area is 180 Å². The first kappa shape index (κ1) is 20.3. The summed E-state index contributed by atoms with van der Waals surface area (Å²) in [4.78, 5) is 30.4. The van der Waals surface area contributed by atoms with Gasteiger partial charge in [0.25, 0.3) is 0 Å². The van der Waals surface area contributed by atoms with Crippen LogP contribution in [0, 0.1) is 0 Å². The summed E-state index contributed by atoms with van der Waals surface area (Å²) >= 11 is 1.71. The lowest BCUT2D eigenvalue weighted by Gasteiger charge is -2.16. The summed E-state index contributed by atoms with van der Waals surface area (Å²) in [6, 6.07) is 16.0. The van der Waals surface area contributed by atoms with E-state index in [0.717, 1.165) is 47.5 Å². The van der Waals surface area contributed by atoms with Crippen molar-refractivity contribution < 1.29 is 9.59 Å². The number of rotatable bonds is 8. The predicted octanol–water partition coefficient (Wildman–Crippen LogP) is 3.85. The molecule has 0 aliphatic carbocycles. The van der Waals surface area contributed by atoms with Crippen molar-refractivity contribution in [2.24, 2.45) is 0 Å². The summed E-state index contributed by atoms with van der Waals surface area (Å²) in [5, 5.41) is 6.92. The van der Waals surface area contributed by atoms with Crippen LogP contribution < -0.4 is 10.6 Å². The van der Waals surface area contributed by atoms with Crippen LogP contribution in [0.25, 0.3) is 10.2 Å². The summed E-state index contributed by atoms with van der Waals surface area (Å²) in [6.07, 6.45) is 3.31. The Morgan fingerprint density at radius 1 is 1.10 bits per heavy atom. The van der Waals surface area contributed by atoms with Crippen molar-refractivity contribution in [1.82, 2.24) is 20.5 Å². The van der Waals surface area contributed by atoms with Crippen LogP contribution in [0.2, 0.25) is 0 Å². The highest BCUT2D eigenvalue weighted by atomic mass is 32.1. The van der Waals surface area contributed by atoms with Crippen LogP contribution in [-0.2, 0) is 24.3 Å². The molecule has 3 amide bonds. The first-order chi connectivity index (χ1) is 14.7. The Morgan fingerprint density at radius 2 is 1.97 bits per heavy atom. The molecule has 7 heteroatoms. The van der Waals surface area contributed by atoms with Crippen molar-refractivity contribution in [2.45, 2.75) is 38.8 Å². The fourth-order valence-corrected chi connectivity index (χ4v) is 4.65. The van der Waals surface area contributed by atoms with Crippen molar-refractivity contribution in [3.05, 3.63) is 64.7 Å². The molecule has 0 unspecified atom stereocenters. The average Bonchev–Trinajstić information content (AvgIpc) is 3.35. The summed E-state index contributed by atoms with van der Waals surface area (Å²) in [5.41, 5.74) is 3.17. The third-order valence-electron chi connectivity index (χ3n) is 5.18. The van der Waals surface area contributed by atoms with Gasteiger partial charge in [0.15, 0.2) is 0 Å². The van der Waals surface area contributed by atoms with Crippen LogP contribution in [0.3, 0.4) is 0 Å². The van der Waals surface area contributed by atoms with Crippen LogP contribution in [-0.4, -0.2) is 34.9 Å². The smallest absolute Gasteiger partial charge is 0.315 e. The van der Waals surface area contributed by atoms with Gasteiger partial charge in [-0.1, -0.05) is 36.4 Å². The fraction of sp³-hybridized carbons (Fsp3) is 0.348. The second-order valence-electron chi connectivity index (χ2n) is 7.53. The summed E-state index contributed by atoms with van der Waals surface area (Å²) in [5.74, 6) is 0.226. The van der Waals surface area contributed by atoms with Gasteiger partial charge in [0.05, 0.1) is 15.2 Å². The summed E-state index contributed by atoms with van der Waals surface area (Å²) in [6.45, 7) is 2.55. The maximum Gasteiger partial charge on any atom is 0.315 e. The Hall–Kier alpha value is -2.93. The molecular formula is C23H26N4O2S. The predicted molar refractivity (Wildman–Crippen MR) is 119 cm³/mol. The van der Waals surface area contributed by atoms with Crippen LogP contribution in [0.15, 0.2) is 48.5 Å². The fourth-order valence-electron chi connectivity index (χ4n) is 3.64. The van der Waals surface area contributed by atoms with Gasteiger partial charge < -0.3 is 15.5 Å². The number of aromatic nitrogens is 1. The molecule has 30 heavy (non-hydrogen) atoms. The molecule has 0 atom stereocenters. The second kappa shape index (κ2) is 9.71. The molecule has 6 nitrogen and oxygen atoms in total. The molecule has 3 aromatic rings.